The Kier molecular flexibility index (Phi) is 7.18. The number of rotatable bonds is 10. The molecule has 1 N–H and O–H groups in total. The zero-order chi connectivity index (χ0) is 26.8. The number of alkyl carbamates (subject to hydrolysis) is 1. The predicted octanol–water partition coefficient (Wildman–Crippen LogP) is 2.04. The van der Waals surface area contributed by atoms with Crippen molar-refractivity contribution in [2.75, 3.05) is 19.0 Å². The Morgan fingerprint density at radius 3 is 2.47 bits per heavy atom. The van der Waals surface area contributed by atoms with Crippen LogP contribution in [-0.2, 0) is 35.4 Å². The maximum Gasteiger partial charge on any atom is 0.407 e. The second kappa shape index (κ2) is 10.4. The molecule has 2 aliphatic rings. The summed E-state index contributed by atoms with van der Waals surface area (Å²) in [6.07, 6.45) is -1.97. The first-order valence-corrected chi connectivity index (χ1v) is 13.8. The summed E-state index contributed by atoms with van der Waals surface area (Å²) in [6, 6.07) is 18.4. The third kappa shape index (κ3) is 5.55. The van der Waals surface area contributed by atoms with Gasteiger partial charge in [-0.15, -0.1) is 0 Å². The molecule has 0 unspecified atom stereocenters. The second-order valence-corrected chi connectivity index (χ2v) is 11.7. The number of sulfone groups is 1. The fraction of sp³-hybridized carbons (Fsp3) is 0.440. The zero-order valence-electron chi connectivity index (χ0n) is 21.0. The van der Waals surface area contributed by atoms with Crippen molar-refractivity contribution in [3.05, 3.63) is 66.2 Å². The summed E-state index contributed by atoms with van der Waals surface area (Å²) in [5.74, 6) is -1.33. The third-order valence-corrected chi connectivity index (χ3v) is 7.99. The smallest absolute Gasteiger partial charge is 0.407 e. The highest BCUT2D eigenvalue weighted by Crippen LogP contribution is 2.38. The number of amides is 1. The molecule has 38 heavy (non-hydrogen) atoms. The molecule has 202 valence electrons. The molecule has 2 saturated heterocycles. The lowest BCUT2D eigenvalue weighted by Gasteiger charge is -2.34. The Hall–Kier alpha value is -3.39. The number of hydrogen-bond acceptors (Lipinski definition) is 10. The van der Waals surface area contributed by atoms with E-state index in [-0.39, 0.29) is 30.5 Å². The topological polar surface area (TPSA) is 144 Å². The number of hydrogen-bond donors (Lipinski definition) is 1. The molecule has 1 amide bonds. The van der Waals surface area contributed by atoms with Crippen LogP contribution in [0.5, 0.6) is 0 Å². The van der Waals surface area contributed by atoms with Gasteiger partial charge in [0.2, 0.25) is 9.84 Å². The molecule has 5 rings (SSSR count). The molecule has 0 saturated carbocycles. The number of para-hydroxylation sites is 1. The van der Waals surface area contributed by atoms with Crippen LogP contribution in [-0.4, -0.2) is 77.2 Å². The van der Waals surface area contributed by atoms with Gasteiger partial charge in [0, 0.05) is 0 Å². The summed E-state index contributed by atoms with van der Waals surface area (Å²) in [7, 11) is -3.91. The first-order valence-electron chi connectivity index (χ1n) is 12.2. The van der Waals surface area contributed by atoms with Gasteiger partial charge in [-0.2, -0.15) is 4.68 Å². The molecule has 3 aromatic rings. The highest BCUT2D eigenvalue weighted by atomic mass is 32.2. The van der Waals surface area contributed by atoms with Crippen molar-refractivity contribution in [3.63, 3.8) is 0 Å². The number of carbonyl (C=O) groups excluding carboxylic acids is 1. The lowest BCUT2D eigenvalue weighted by atomic mass is 9.89. The van der Waals surface area contributed by atoms with Crippen LogP contribution in [0, 0.1) is 0 Å². The Balaban J connectivity index is 1.33. The summed E-state index contributed by atoms with van der Waals surface area (Å²) >= 11 is 0. The molecule has 3 atom stereocenters. The van der Waals surface area contributed by atoms with Gasteiger partial charge in [0.05, 0.1) is 30.8 Å². The number of aromatic nitrogens is 4. The molecule has 12 nitrogen and oxygen atoms in total. The normalized spacial score (nSPS) is 24.7. The van der Waals surface area contributed by atoms with E-state index in [1.54, 1.807) is 38.1 Å². The summed E-state index contributed by atoms with van der Waals surface area (Å²) in [5.41, 5.74) is 0.422. The molecule has 1 aromatic heterocycles. The van der Waals surface area contributed by atoms with Gasteiger partial charge in [-0.25, -0.2) is 13.2 Å². The number of carbonyl (C=O) groups is 1. The van der Waals surface area contributed by atoms with Gasteiger partial charge in [0.1, 0.15) is 18.2 Å². The predicted molar refractivity (Wildman–Crippen MR) is 133 cm³/mol. The molecule has 2 aliphatic heterocycles. The molecule has 2 fully saturated rings. The summed E-state index contributed by atoms with van der Waals surface area (Å²) < 4.78 is 51.4. The third-order valence-electron chi connectivity index (χ3n) is 6.40. The van der Waals surface area contributed by atoms with Crippen LogP contribution in [0.1, 0.15) is 25.8 Å². The molecule has 0 aliphatic carbocycles. The van der Waals surface area contributed by atoms with E-state index < -0.39 is 39.5 Å². The lowest BCUT2D eigenvalue weighted by Crippen LogP contribution is -2.60. The number of nitrogens with zero attached hydrogens (tertiary/aromatic N) is 4. The molecular weight excluding hydrogens is 514 g/mol. The Labute approximate surface area is 220 Å². The largest absolute Gasteiger partial charge is 0.447 e. The Morgan fingerprint density at radius 2 is 1.79 bits per heavy atom. The van der Waals surface area contributed by atoms with E-state index in [1.807, 2.05) is 36.4 Å². The maximum atomic E-state index is 13.3. The van der Waals surface area contributed by atoms with E-state index in [2.05, 4.69) is 20.8 Å². The van der Waals surface area contributed by atoms with Crippen LogP contribution >= 0.6 is 0 Å². The van der Waals surface area contributed by atoms with Crippen molar-refractivity contribution >= 4 is 15.9 Å². The SMILES string of the molecule is CC1(C)O[C@H](CCS(=O)(=O)c2nnnn2-c2ccccc2)[C@@H]([C@]2(COCc3ccccc3)COC(=O)N2)O1. The van der Waals surface area contributed by atoms with Crippen molar-refractivity contribution in [1.82, 2.24) is 25.5 Å². The minimum absolute atomic E-state index is 0.0137. The number of ether oxygens (including phenoxy) is 4. The number of benzene rings is 2. The zero-order valence-corrected chi connectivity index (χ0v) is 21.8. The Morgan fingerprint density at radius 1 is 1.08 bits per heavy atom. The number of nitrogens with one attached hydrogen (secondary N) is 1. The fourth-order valence-electron chi connectivity index (χ4n) is 4.69. The van der Waals surface area contributed by atoms with E-state index >= 15 is 0 Å². The first-order chi connectivity index (χ1) is 18.2. The van der Waals surface area contributed by atoms with Crippen LogP contribution in [0.2, 0.25) is 0 Å². The summed E-state index contributed by atoms with van der Waals surface area (Å²) in [4.78, 5) is 12.2. The number of tetrazole rings is 1. The summed E-state index contributed by atoms with van der Waals surface area (Å²) in [5, 5.41) is 13.8. The van der Waals surface area contributed by atoms with Crippen molar-refractivity contribution < 1.29 is 32.2 Å². The monoisotopic (exact) mass is 543 g/mol. The highest BCUT2D eigenvalue weighted by Gasteiger charge is 2.57. The Bertz CT molecular complexity index is 1370. The van der Waals surface area contributed by atoms with E-state index in [1.165, 1.54) is 4.68 Å². The fourth-order valence-corrected chi connectivity index (χ4v) is 5.98. The lowest BCUT2D eigenvalue weighted by molar-refractivity contribution is -0.156. The van der Waals surface area contributed by atoms with Crippen LogP contribution in [0.3, 0.4) is 0 Å². The number of cyclic esters (lactones) is 1. The van der Waals surface area contributed by atoms with E-state index in [0.29, 0.717) is 12.3 Å². The average Bonchev–Trinajstić information content (AvgIpc) is 3.62. The van der Waals surface area contributed by atoms with Crippen LogP contribution < -0.4 is 5.32 Å². The van der Waals surface area contributed by atoms with Crippen molar-refractivity contribution in [2.24, 2.45) is 0 Å². The van der Waals surface area contributed by atoms with E-state index in [9.17, 15) is 13.2 Å². The van der Waals surface area contributed by atoms with Crippen molar-refractivity contribution in [1.29, 1.82) is 0 Å². The van der Waals surface area contributed by atoms with Gasteiger partial charge >= 0.3 is 6.09 Å². The summed E-state index contributed by atoms with van der Waals surface area (Å²) in [6.45, 7) is 3.85. The van der Waals surface area contributed by atoms with Gasteiger partial charge in [-0.1, -0.05) is 53.6 Å². The molecule has 0 bridgehead atoms. The molecule has 0 radical (unpaired) electrons. The molecule has 0 spiro atoms. The first kappa shape index (κ1) is 26.2. The molecule has 2 aromatic carbocycles. The second-order valence-electron chi connectivity index (χ2n) is 9.75. The standard InChI is InChI=1S/C25H29N5O7S/c1-24(2)36-20(13-14-38(32,33)22-27-28-29-30(22)19-11-7-4-8-12-19)21(37-24)25(17-35-23(31)26-25)16-34-15-18-9-5-3-6-10-18/h3-12,20-21H,13-17H2,1-2H3,(H,26,31)/t20-,21+,25+/m1/s1. The van der Waals surface area contributed by atoms with E-state index in [0.717, 1.165) is 5.56 Å². The minimum Gasteiger partial charge on any atom is -0.447 e. The minimum atomic E-state index is -3.91. The van der Waals surface area contributed by atoms with Crippen molar-refractivity contribution in [2.45, 2.75) is 55.6 Å². The van der Waals surface area contributed by atoms with Gasteiger partial charge in [-0.3, -0.25) is 0 Å². The van der Waals surface area contributed by atoms with Crippen LogP contribution in [0.15, 0.2) is 65.8 Å². The quantitative estimate of drug-likeness (QED) is 0.403. The van der Waals surface area contributed by atoms with Crippen LogP contribution in [0.4, 0.5) is 4.79 Å². The average molecular weight is 544 g/mol. The molecule has 3 heterocycles. The van der Waals surface area contributed by atoms with E-state index in [4.69, 9.17) is 18.9 Å². The molecular formula is C25H29N5O7S. The van der Waals surface area contributed by atoms with Gasteiger partial charge in [0.15, 0.2) is 5.79 Å². The maximum absolute atomic E-state index is 13.3. The van der Waals surface area contributed by atoms with Crippen molar-refractivity contribution in [3.8, 4) is 5.69 Å². The van der Waals surface area contributed by atoms with Gasteiger partial charge < -0.3 is 24.3 Å². The molecule has 13 heteroatoms. The van der Waals surface area contributed by atoms with Crippen LogP contribution in [0.25, 0.3) is 5.69 Å². The van der Waals surface area contributed by atoms with Gasteiger partial charge in [0.25, 0.3) is 5.16 Å². The van der Waals surface area contributed by atoms with Gasteiger partial charge in [-0.05, 0) is 48.4 Å². The highest BCUT2D eigenvalue weighted by molar-refractivity contribution is 7.91.